The fourth-order valence-corrected chi connectivity index (χ4v) is 3.55. The Morgan fingerprint density at radius 1 is 1.35 bits per heavy atom. The molecule has 1 saturated heterocycles. The van der Waals surface area contributed by atoms with E-state index in [4.69, 9.17) is 0 Å². The average molecular weight is 275 g/mol. The van der Waals surface area contributed by atoms with Crippen LogP contribution in [-0.4, -0.2) is 34.1 Å². The monoisotopic (exact) mass is 275 g/mol. The van der Waals surface area contributed by atoms with Crippen LogP contribution in [0.1, 0.15) is 45.1 Å². The van der Waals surface area contributed by atoms with E-state index < -0.39 is 11.5 Å². The van der Waals surface area contributed by atoms with Gasteiger partial charge in [0.1, 0.15) is 5.54 Å². The van der Waals surface area contributed by atoms with Gasteiger partial charge in [-0.15, -0.1) is 0 Å². The molecule has 1 aromatic carbocycles. The molecule has 0 aromatic heterocycles. The predicted octanol–water partition coefficient (Wildman–Crippen LogP) is 3.34. The summed E-state index contributed by atoms with van der Waals surface area (Å²) in [6, 6.07) is 10.7. The van der Waals surface area contributed by atoms with Crippen molar-refractivity contribution < 1.29 is 9.90 Å². The number of carboxylic acid groups (broad SMARTS) is 1. The molecule has 1 aliphatic heterocycles. The second-order valence-electron chi connectivity index (χ2n) is 5.74. The smallest absolute Gasteiger partial charge is 0.324 e. The third-order valence-electron chi connectivity index (χ3n) is 4.75. The van der Waals surface area contributed by atoms with Gasteiger partial charge < -0.3 is 5.11 Å². The molecule has 2 atom stereocenters. The van der Waals surface area contributed by atoms with Crippen LogP contribution < -0.4 is 0 Å². The van der Waals surface area contributed by atoms with Gasteiger partial charge >= 0.3 is 5.97 Å². The van der Waals surface area contributed by atoms with Gasteiger partial charge in [-0.2, -0.15) is 0 Å². The van der Waals surface area contributed by atoms with Gasteiger partial charge in [-0.3, -0.25) is 9.69 Å². The average Bonchev–Trinajstić information content (AvgIpc) is 2.91. The number of aliphatic carboxylic acids is 1. The molecule has 2 rings (SSSR count). The molecule has 0 bridgehead atoms. The highest BCUT2D eigenvalue weighted by atomic mass is 16.4. The number of hydrogen-bond acceptors (Lipinski definition) is 2. The molecule has 0 amide bonds. The van der Waals surface area contributed by atoms with Crippen molar-refractivity contribution >= 4 is 5.97 Å². The van der Waals surface area contributed by atoms with Crippen LogP contribution in [-0.2, 0) is 11.2 Å². The minimum absolute atomic E-state index is 0.316. The van der Waals surface area contributed by atoms with Crippen LogP contribution in [0.4, 0.5) is 0 Å². The zero-order valence-electron chi connectivity index (χ0n) is 12.5. The van der Waals surface area contributed by atoms with Crippen LogP contribution in [0, 0.1) is 0 Å². The summed E-state index contributed by atoms with van der Waals surface area (Å²) in [5.41, 5.74) is 0.650. The standard InChI is InChI=1S/C17H25NO2/c1-3-15(13-14-9-6-5-7-10-14)18-12-8-11-17(18,4-2)16(19)20/h5-7,9-10,15H,3-4,8,11-13H2,1-2H3,(H,19,20). The summed E-state index contributed by atoms with van der Waals surface area (Å²) in [4.78, 5) is 14.0. The molecule has 0 spiro atoms. The van der Waals surface area contributed by atoms with E-state index in [9.17, 15) is 9.90 Å². The third kappa shape index (κ3) is 2.73. The molecule has 0 radical (unpaired) electrons. The van der Waals surface area contributed by atoms with E-state index >= 15 is 0 Å². The van der Waals surface area contributed by atoms with Crippen LogP contribution in [0.15, 0.2) is 30.3 Å². The molecule has 3 nitrogen and oxygen atoms in total. The summed E-state index contributed by atoms with van der Waals surface area (Å²) in [5, 5.41) is 9.70. The highest BCUT2D eigenvalue weighted by molar-refractivity contribution is 5.79. The lowest BCUT2D eigenvalue weighted by Crippen LogP contribution is -2.54. The number of hydrogen-bond donors (Lipinski definition) is 1. The maximum absolute atomic E-state index is 11.8. The minimum Gasteiger partial charge on any atom is -0.480 e. The van der Waals surface area contributed by atoms with E-state index in [1.807, 2.05) is 13.0 Å². The Hall–Kier alpha value is -1.35. The molecule has 1 N–H and O–H groups in total. The minimum atomic E-state index is -0.649. The maximum Gasteiger partial charge on any atom is 0.324 e. The normalized spacial score (nSPS) is 24.7. The molecule has 1 aromatic rings. The number of carboxylic acids is 1. The Kier molecular flexibility index (Phi) is 4.81. The van der Waals surface area contributed by atoms with Crippen molar-refractivity contribution in [1.29, 1.82) is 0 Å². The van der Waals surface area contributed by atoms with Crippen LogP contribution in [0.5, 0.6) is 0 Å². The van der Waals surface area contributed by atoms with Crippen LogP contribution in [0.3, 0.4) is 0 Å². The molecule has 1 aliphatic rings. The topological polar surface area (TPSA) is 40.5 Å². The molecule has 110 valence electrons. The number of benzene rings is 1. The number of likely N-dealkylation sites (tertiary alicyclic amines) is 1. The molecule has 20 heavy (non-hydrogen) atoms. The van der Waals surface area contributed by atoms with E-state index in [0.29, 0.717) is 12.5 Å². The van der Waals surface area contributed by atoms with Gasteiger partial charge in [0, 0.05) is 6.04 Å². The molecule has 3 heteroatoms. The van der Waals surface area contributed by atoms with E-state index in [1.165, 1.54) is 5.56 Å². The molecule has 1 fully saturated rings. The molecule has 0 saturated carbocycles. The highest BCUT2D eigenvalue weighted by Crippen LogP contribution is 2.36. The zero-order chi connectivity index (χ0) is 14.6. The van der Waals surface area contributed by atoms with Gasteiger partial charge in [0.05, 0.1) is 0 Å². The largest absolute Gasteiger partial charge is 0.480 e. The second kappa shape index (κ2) is 6.40. The summed E-state index contributed by atoms with van der Waals surface area (Å²) >= 11 is 0. The Morgan fingerprint density at radius 3 is 2.60 bits per heavy atom. The summed E-state index contributed by atoms with van der Waals surface area (Å²) in [6.07, 6.45) is 4.39. The quantitative estimate of drug-likeness (QED) is 0.865. The van der Waals surface area contributed by atoms with Gasteiger partial charge in [0.25, 0.3) is 0 Å². The molecular formula is C17H25NO2. The summed E-state index contributed by atoms with van der Waals surface area (Å²) in [5.74, 6) is -0.649. The lowest BCUT2D eigenvalue weighted by molar-refractivity contribution is -0.151. The van der Waals surface area contributed by atoms with Crippen molar-refractivity contribution in [3.05, 3.63) is 35.9 Å². The Balaban J connectivity index is 2.20. The Morgan fingerprint density at radius 2 is 2.05 bits per heavy atom. The third-order valence-corrected chi connectivity index (χ3v) is 4.75. The van der Waals surface area contributed by atoms with Gasteiger partial charge in [0.15, 0.2) is 0 Å². The summed E-state index contributed by atoms with van der Waals surface area (Å²) in [7, 11) is 0. The van der Waals surface area contributed by atoms with E-state index in [-0.39, 0.29) is 0 Å². The number of rotatable bonds is 6. The van der Waals surface area contributed by atoms with Crippen molar-refractivity contribution in [2.24, 2.45) is 0 Å². The fraction of sp³-hybridized carbons (Fsp3) is 0.588. The second-order valence-corrected chi connectivity index (χ2v) is 5.74. The van der Waals surface area contributed by atoms with Gasteiger partial charge in [-0.1, -0.05) is 44.2 Å². The number of carbonyl (C=O) groups is 1. The first-order valence-corrected chi connectivity index (χ1v) is 7.68. The first kappa shape index (κ1) is 15.0. The lowest BCUT2D eigenvalue weighted by atomic mass is 9.90. The van der Waals surface area contributed by atoms with Crippen LogP contribution in [0.25, 0.3) is 0 Å². The maximum atomic E-state index is 11.8. The van der Waals surface area contributed by atoms with Gasteiger partial charge in [0.2, 0.25) is 0 Å². The molecule has 0 aliphatic carbocycles. The SMILES string of the molecule is CCC(Cc1ccccc1)N1CCCC1(CC)C(=O)O. The molecule has 2 unspecified atom stereocenters. The Labute approximate surface area is 121 Å². The van der Waals surface area contributed by atoms with Crippen molar-refractivity contribution in [2.45, 2.75) is 57.5 Å². The van der Waals surface area contributed by atoms with Crippen molar-refractivity contribution in [3.63, 3.8) is 0 Å². The Bertz CT molecular complexity index is 446. The van der Waals surface area contributed by atoms with E-state index in [1.54, 1.807) is 0 Å². The van der Waals surface area contributed by atoms with Crippen molar-refractivity contribution in [1.82, 2.24) is 4.90 Å². The van der Waals surface area contributed by atoms with Crippen LogP contribution in [0.2, 0.25) is 0 Å². The van der Waals surface area contributed by atoms with E-state index in [0.717, 1.165) is 32.2 Å². The van der Waals surface area contributed by atoms with Crippen molar-refractivity contribution in [2.75, 3.05) is 6.54 Å². The van der Waals surface area contributed by atoms with E-state index in [2.05, 4.69) is 36.1 Å². The van der Waals surface area contributed by atoms with Gasteiger partial charge in [-0.25, -0.2) is 0 Å². The fourth-order valence-electron chi connectivity index (χ4n) is 3.55. The predicted molar refractivity (Wildman–Crippen MR) is 80.8 cm³/mol. The highest BCUT2D eigenvalue weighted by Gasteiger charge is 2.48. The first-order chi connectivity index (χ1) is 9.64. The number of nitrogens with zero attached hydrogens (tertiary/aromatic N) is 1. The van der Waals surface area contributed by atoms with Gasteiger partial charge in [-0.05, 0) is 44.2 Å². The summed E-state index contributed by atoms with van der Waals surface area (Å²) < 4.78 is 0. The summed E-state index contributed by atoms with van der Waals surface area (Å²) in [6.45, 7) is 5.07. The molecular weight excluding hydrogens is 250 g/mol. The lowest BCUT2D eigenvalue weighted by Gasteiger charge is -2.39. The van der Waals surface area contributed by atoms with Crippen LogP contribution >= 0.6 is 0 Å². The van der Waals surface area contributed by atoms with Crippen molar-refractivity contribution in [3.8, 4) is 0 Å². The first-order valence-electron chi connectivity index (χ1n) is 7.68. The molecule has 1 heterocycles. The zero-order valence-corrected chi connectivity index (χ0v) is 12.5.